The molecular formula is C24H23N5O3. The Morgan fingerprint density at radius 3 is 2.25 bits per heavy atom. The van der Waals surface area contributed by atoms with Crippen LogP contribution in [0.1, 0.15) is 36.1 Å². The highest BCUT2D eigenvalue weighted by Crippen LogP contribution is 2.23. The van der Waals surface area contributed by atoms with Gasteiger partial charge in [-0.05, 0) is 84.9 Å². The fraction of sp³-hybridized carbons (Fsp3) is 0.167. The average Bonchev–Trinajstić information content (AvgIpc) is 3.29. The van der Waals surface area contributed by atoms with E-state index >= 15 is 0 Å². The van der Waals surface area contributed by atoms with Crippen LogP contribution in [-0.4, -0.2) is 26.1 Å². The number of nitrogens with zero attached hydrogens (tertiary/aromatic N) is 4. The van der Waals surface area contributed by atoms with E-state index in [9.17, 15) is 4.79 Å². The molecule has 0 spiro atoms. The topological polar surface area (TPSA) is 91.2 Å². The number of anilines is 1. The predicted octanol–water partition coefficient (Wildman–Crippen LogP) is 4.88. The molecule has 0 unspecified atom stereocenters. The summed E-state index contributed by atoms with van der Waals surface area (Å²) in [5, 5.41) is 14.5. The molecule has 1 N–H and O–H groups in total. The standard InChI is InChI=1S/C24H23N5O3/c1-17(2)29-23(26-27-28-29)16-31-20-12-8-18(9-13-20)24(30)25-19-10-14-22(15-11-19)32-21-6-4-3-5-7-21/h3-15,17H,16H2,1-2H3,(H,25,30). The summed E-state index contributed by atoms with van der Waals surface area (Å²) >= 11 is 0. The third kappa shape index (κ3) is 5.28. The lowest BCUT2D eigenvalue weighted by atomic mass is 10.2. The van der Waals surface area contributed by atoms with E-state index in [1.165, 1.54) is 0 Å². The molecule has 3 aromatic carbocycles. The number of rotatable bonds is 8. The maximum absolute atomic E-state index is 12.6. The van der Waals surface area contributed by atoms with Crippen LogP contribution >= 0.6 is 0 Å². The number of para-hydroxylation sites is 1. The predicted molar refractivity (Wildman–Crippen MR) is 120 cm³/mol. The summed E-state index contributed by atoms with van der Waals surface area (Å²) in [5.74, 6) is 2.51. The van der Waals surface area contributed by atoms with E-state index in [2.05, 4.69) is 20.8 Å². The summed E-state index contributed by atoms with van der Waals surface area (Å²) in [6.45, 7) is 4.24. The summed E-state index contributed by atoms with van der Waals surface area (Å²) in [6.07, 6.45) is 0. The molecule has 4 rings (SSSR count). The first kappa shape index (κ1) is 21.0. The average molecular weight is 429 g/mol. The van der Waals surface area contributed by atoms with Crippen molar-refractivity contribution in [1.29, 1.82) is 0 Å². The van der Waals surface area contributed by atoms with E-state index in [0.717, 1.165) is 5.75 Å². The minimum atomic E-state index is -0.211. The zero-order valence-corrected chi connectivity index (χ0v) is 17.8. The normalized spacial score (nSPS) is 10.7. The number of tetrazole rings is 1. The lowest BCUT2D eigenvalue weighted by Crippen LogP contribution is -2.12. The number of benzene rings is 3. The number of carbonyl (C=O) groups excluding carboxylic acids is 1. The van der Waals surface area contributed by atoms with Crippen LogP contribution in [-0.2, 0) is 6.61 Å². The van der Waals surface area contributed by atoms with E-state index in [1.807, 2.05) is 56.3 Å². The van der Waals surface area contributed by atoms with Crippen LogP contribution in [0.2, 0.25) is 0 Å². The maximum Gasteiger partial charge on any atom is 0.255 e. The van der Waals surface area contributed by atoms with Crippen molar-refractivity contribution in [2.45, 2.75) is 26.5 Å². The third-order valence-electron chi connectivity index (χ3n) is 4.63. The van der Waals surface area contributed by atoms with Crippen molar-refractivity contribution in [1.82, 2.24) is 20.2 Å². The highest BCUT2D eigenvalue weighted by atomic mass is 16.5. The van der Waals surface area contributed by atoms with Crippen LogP contribution in [0, 0.1) is 0 Å². The molecule has 1 heterocycles. The summed E-state index contributed by atoms with van der Waals surface area (Å²) < 4.78 is 13.2. The van der Waals surface area contributed by atoms with E-state index in [0.29, 0.717) is 28.6 Å². The van der Waals surface area contributed by atoms with E-state index < -0.39 is 0 Å². The van der Waals surface area contributed by atoms with Crippen LogP contribution in [0.3, 0.4) is 0 Å². The second kappa shape index (κ2) is 9.74. The summed E-state index contributed by atoms with van der Waals surface area (Å²) in [6, 6.07) is 23.8. The number of carbonyl (C=O) groups is 1. The Balaban J connectivity index is 1.32. The molecule has 162 valence electrons. The van der Waals surface area contributed by atoms with Crippen LogP contribution in [0.4, 0.5) is 5.69 Å². The van der Waals surface area contributed by atoms with Crippen molar-refractivity contribution >= 4 is 11.6 Å². The second-order valence-electron chi connectivity index (χ2n) is 7.34. The van der Waals surface area contributed by atoms with Crippen molar-refractivity contribution in [2.24, 2.45) is 0 Å². The zero-order valence-electron chi connectivity index (χ0n) is 17.8. The molecule has 0 fully saturated rings. The Morgan fingerprint density at radius 1 is 0.906 bits per heavy atom. The van der Waals surface area contributed by atoms with Gasteiger partial charge in [0.05, 0.1) is 6.04 Å². The first-order valence-corrected chi connectivity index (χ1v) is 10.2. The van der Waals surface area contributed by atoms with Gasteiger partial charge in [0.25, 0.3) is 5.91 Å². The Kier molecular flexibility index (Phi) is 6.41. The van der Waals surface area contributed by atoms with E-state index in [-0.39, 0.29) is 18.6 Å². The monoisotopic (exact) mass is 429 g/mol. The van der Waals surface area contributed by atoms with Gasteiger partial charge in [0.2, 0.25) is 0 Å². The largest absolute Gasteiger partial charge is 0.486 e. The van der Waals surface area contributed by atoms with Crippen LogP contribution in [0.15, 0.2) is 78.9 Å². The molecule has 32 heavy (non-hydrogen) atoms. The van der Waals surface area contributed by atoms with Crippen LogP contribution < -0.4 is 14.8 Å². The molecule has 1 aromatic heterocycles. The van der Waals surface area contributed by atoms with Gasteiger partial charge >= 0.3 is 0 Å². The van der Waals surface area contributed by atoms with Gasteiger partial charge in [0.15, 0.2) is 5.82 Å². The van der Waals surface area contributed by atoms with Gasteiger partial charge in [0, 0.05) is 11.3 Å². The van der Waals surface area contributed by atoms with Gasteiger partial charge in [-0.15, -0.1) is 5.10 Å². The number of nitrogens with one attached hydrogen (secondary N) is 1. The molecule has 1 amide bonds. The van der Waals surface area contributed by atoms with Gasteiger partial charge in [-0.25, -0.2) is 4.68 Å². The number of hydrogen-bond donors (Lipinski definition) is 1. The summed E-state index contributed by atoms with van der Waals surface area (Å²) in [7, 11) is 0. The first-order valence-electron chi connectivity index (χ1n) is 10.2. The lowest BCUT2D eigenvalue weighted by Gasteiger charge is -2.10. The summed E-state index contributed by atoms with van der Waals surface area (Å²) in [4.78, 5) is 12.6. The van der Waals surface area contributed by atoms with Crippen LogP contribution in [0.25, 0.3) is 0 Å². The van der Waals surface area contributed by atoms with Crippen molar-refractivity contribution in [3.8, 4) is 17.2 Å². The second-order valence-corrected chi connectivity index (χ2v) is 7.34. The van der Waals surface area contributed by atoms with Crippen LogP contribution in [0.5, 0.6) is 17.2 Å². The SMILES string of the molecule is CC(C)n1nnnc1COc1ccc(C(=O)Nc2ccc(Oc3ccccc3)cc2)cc1. The van der Waals surface area contributed by atoms with Crippen molar-refractivity contribution in [3.05, 3.63) is 90.3 Å². The molecule has 0 aliphatic heterocycles. The molecule has 0 saturated heterocycles. The Labute approximate surface area is 185 Å². The Bertz CT molecular complexity index is 1160. The number of ether oxygens (including phenoxy) is 2. The number of hydrogen-bond acceptors (Lipinski definition) is 6. The minimum Gasteiger partial charge on any atom is -0.486 e. The van der Waals surface area contributed by atoms with Gasteiger partial charge in [0.1, 0.15) is 23.9 Å². The molecular weight excluding hydrogens is 406 g/mol. The number of amides is 1. The van der Waals surface area contributed by atoms with Gasteiger partial charge in [-0.3, -0.25) is 4.79 Å². The molecule has 4 aromatic rings. The first-order chi connectivity index (χ1) is 15.6. The molecule has 0 radical (unpaired) electrons. The third-order valence-corrected chi connectivity index (χ3v) is 4.63. The number of aromatic nitrogens is 4. The smallest absolute Gasteiger partial charge is 0.255 e. The molecule has 0 aliphatic rings. The molecule has 0 bridgehead atoms. The van der Waals surface area contributed by atoms with Crippen molar-refractivity contribution in [2.75, 3.05) is 5.32 Å². The molecule has 0 aliphatic carbocycles. The summed E-state index contributed by atoms with van der Waals surface area (Å²) in [5.41, 5.74) is 1.20. The van der Waals surface area contributed by atoms with Gasteiger partial charge in [-0.1, -0.05) is 18.2 Å². The molecule has 0 atom stereocenters. The van der Waals surface area contributed by atoms with Crippen molar-refractivity contribution < 1.29 is 14.3 Å². The lowest BCUT2D eigenvalue weighted by molar-refractivity contribution is 0.102. The molecule has 8 heteroatoms. The highest BCUT2D eigenvalue weighted by Gasteiger charge is 2.11. The minimum absolute atomic E-state index is 0.147. The quantitative estimate of drug-likeness (QED) is 0.429. The maximum atomic E-state index is 12.6. The van der Waals surface area contributed by atoms with Gasteiger partial charge in [-0.2, -0.15) is 0 Å². The molecule has 8 nitrogen and oxygen atoms in total. The fourth-order valence-electron chi connectivity index (χ4n) is 2.99. The highest BCUT2D eigenvalue weighted by molar-refractivity contribution is 6.04. The zero-order chi connectivity index (χ0) is 22.3. The Hall–Kier alpha value is -4.20. The molecule has 0 saturated carbocycles. The van der Waals surface area contributed by atoms with Crippen molar-refractivity contribution in [3.63, 3.8) is 0 Å². The fourth-order valence-corrected chi connectivity index (χ4v) is 2.99. The van der Waals surface area contributed by atoms with Gasteiger partial charge < -0.3 is 14.8 Å². The van der Waals surface area contributed by atoms with E-state index in [4.69, 9.17) is 9.47 Å². The van der Waals surface area contributed by atoms with E-state index in [1.54, 1.807) is 41.1 Å². The Morgan fingerprint density at radius 2 is 1.56 bits per heavy atom.